The smallest absolute Gasteiger partial charge is 0.416 e. The van der Waals surface area contributed by atoms with Crippen LogP contribution in [0.25, 0.3) is 0 Å². The molecule has 2 aliphatic heterocycles. The second-order valence-electron chi connectivity index (χ2n) is 10.3. The minimum absolute atomic E-state index is 0.0889. The first-order valence-electron chi connectivity index (χ1n) is 12.7. The van der Waals surface area contributed by atoms with E-state index in [9.17, 15) is 32.7 Å². The summed E-state index contributed by atoms with van der Waals surface area (Å²) < 4.78 is 46.9. The molecule has 204 valence electrons. The molecule has 2 fully saturated rings. The van der Waals surface area contributed by atoms with Crippen LogP contribution < -0.4 is 10.2 Å². The number of benzene rings is 1. The van der Waals surface area contributed by atoms with Crippen molar-refractivity contribution < 1.29 is 37.4 Å². The van der Waals surface area contributed by atoms with Crippen LogP contribution in [-0.2, 0) is 15.7 Å². The zero-order valence-electron chi connectivity index (χ0n) is 21.0. The highest BCUT2D eigenvalue weighted by Gasteiger charge is 2.58. The largest absolute Gasteiger partial charge is 0.476 e. The molecule has 38 heavy (non-hydrogen) atoms. The number of hydrogen-bond acceptors (Lipinski definition) is 5. The molecule has 1 saturated carbocycles. The molecule has 2 atom stereocenters. The van der Waals surface area contributed by atoms with Gasteiger partial charge in [-0.05, 0) is 63.6 Å². The molecule has 3 aliphatic rings. The number of carboxylic acid groups (broad SMARTS) is 1. The van der Waals surface area contributed by atoms with E-state index in [1.165, 1.54) is 17.9 Å². The normalized spacial score (nSPS) is 24.3. The zero-order chi connectivity index (χ0) is 27.4. The fraction of sp³-hybridized carbons (Fsp3) is 0.538. The van der Waals surface area contributed by atoms with Crippen LogP contribution in [-0.4, -0.2) is 58.0 Å². The highest BCUT2D eigenvalue weighted by molar-refractivity contribution is 6.08. The van der Waals surface area contributed by atoms with Gasteiger partial charge in [0.2, 0.25) is 0 Å². The number of ether oxygens (including phenoxy) is 1. The molecule has 1 aromatic heterocycles. The highest BCUT2D eigenvalue weighted by atomic mass is 19.4. The monoisotopic (exact) mass is 534 g/mol. The second-order valence-corrected chi connectivity index (χ2v) is 10.3. The topological polar surface area (TPSA) is 114 Å². The Labute approximate surface area is 216 Å². The lowest BCUT2D eigenvalue weighted by atomic mass is 9.73. The van der Waals surface area contributed by atoms with E-state index in [1.807, 2.05) is 0 Å². The molecule has 1 aliphatic carbocycles. The number of likely N-dealkylation sites (N-methyl/N-ethyl adjacent to an activating group) is 1. The Morgan fingerprint density at radius 1 is 1.21 bits per heavy atom. The first kappa shape index (κ1) is 26.2. The van der Waals surface area contributed by atoms with E-state index in [-0.39, 0.29) is 29.8 Å². The number of nitrogens with one attached hydrogen (secondary N) is 1. The number of nitrogens with zero attached hydrogens (tertiary/aromatic N) is 3. The van der Waals surface area contributed by atoms with Crippen molar-refractivity contribution in [3.63, 3.8) is 0 Å². The summed E-state index contributed by atoms with van der Waals surface area (Å²) in [7, 11) is 0. The summed E-state index contributed by atoms with van der Waals surface area (Å²) in [6.07, 6.45) is -1.98. The number of carboxylic acids is 1. The summed E-state index contributed by atoms with van der Waals surface area (Å²) in [6, 6.07) is 3.84. The summed E-state index contributed by atoms with van der Waals surface area (Å²) >= 11 is 0. The maximum Gasteiger partial charge on any atom is 0.416 e. The molecular formula is C26H29F3N4O5. The predicted octanol–water partition coefficient (Wildman–Crippen LogP) is 4.00. The van der Waals surface area contributed by atoms with E-state index in [0.29, 0.717) is 37.4 Å². The Morgan fingerprint density at radius 3 is 2.47 bits per heavy atom. The third-order valence-electron chi connectivity index (χ3n) is 7.77. The molecule has 2 N–H and O–H groups in total. The lowest BCUT2D eigenvalue weighted by molar-refractivity contribution is -0.137. The Kier molecular flexibility index (Phi) is 6.49. The van der Waals surface area contributed by atoms with Gasteiger partial charge in [-0.1, -0.05) is 6.07 Å². The van der Waals surface area contributed by atoms with Crippen molar-refractivity contribution in [3.8, 4) is 0 Å². The molecule has 3 heterocycles. The van der Waals surface area contributed by atoms with Crippen LogP contribution >= 0.6 is 0 Å². The number of amides is 2. The van der Waals surface area contributed by atoms with Crippen LogP contribution in [0, 0.1) is 5.92 Å². The molecular weight excluding hydrogens is 505 g/mol. The molecule has 2 amide bonds. The standard InChI is InChI=1S/C26H29F3N4O5/c1-3-32-22-18(20(23(35)36)31-33(22)17-9-11-38-12-10-17)19(14-7-8-14)25(2,24(32)37)30-21(34)15-5-4-6-16(13-15)26(27,28)29/h4-6,13-14,17,19H,3,7-12H2,1-2H3,(H,30,34)(H,35,36)/t19-,25-/m0/s1. The predicted molar refractivity (Wildman–Crippen MR) is 129 cm³/mol. The third kappa shape index (κ3) is 4.34. The SMILES string of the molecule is CCN1C(=O)[C@@](C)(NC(=O)c2cccc(C(F)(F)F)c2)[C@@H](C2CC2)c2c(C(=O)O)nn(C3CCOCC3)c21. The van der Waals surface area contributed by atoms with Crippen molar-refractivity contribution in [1.82, 2.24) is 15.1 Å². The van der Waals surface area contributed by atoms with Crippen LogP contribution in [0.4, 0.5) is 19.0 Å². The van der Waals surface area contributed by atoms with E-state index in [2.05, 4.69) is 10.4 Å². The summed E-state index contributed by atoms with van der Waals surface area (Å²) in [5.74, 6) is -2.91. The van der Waals surface area contributed by atoms with Crippen molar-refractivity contribution in [2.24, 2.45) is 5.92 Å². The first-order valence-corrected chi connectivity index (χ1v) is 12.7. The second kappa shape index (κ2) is 9.40. The number of anilines is 1. The van der Waals surface area contributed by atoms with E-state index in [1.54, 1.807) is 11.6 Å². The van der Waals surface area contributed by atoms with Crippen molar-refractivity contribution in [3.05, 3.63) is 46.6 Å². The molecule has 12 heteroatoms. The van der Waals surface area contributed by atoms with Crippen LogP contribution in [0.15, 0.2) is 24.3 Å². The van der Waals surface area contributed by atoms with Crippen LogP contribution in [0.2, 0.25) is 0 Å². The van der Waals surface area contributed by atoms with Gasteiger partial charge < -0.3 is 15.2 Å². The molecule has 1 aromatic carbocycles. The summed E-state index contributed by atoms with van der Waals surface area (Å²) in [5, 5.41) is 17.3. The lowest BCUT2D eigenvalue weighted by Gasteiger charge is -2.46. The summed E-state index contributed by atoms with van der Waals surface area (Å²) in [6.45, 7) is 4.44. The van der Waals surface area contributed by atoms with Crippen molar-refractivity contribution in [2.75, 3.05) is 24.7 Å². The fourth-order valence-corrected chi connectivity index (χ4v) is 5.84. The fourth-order valence-electron chi connectivity index (χ4n) is 5.84. The Hall–Kier alpha value is -3.41. The van der Waals surface area contributed by atoms with E-state index in [4.69, 9.17) is 4.74 Å². The molecule has 0 spiro atoms. The third-order valence-corrected chi connectivity index (χ3v) is 7.77. The number of aromatic carboxylic acids is 1. The summed E-state index contributed by atoms with van der Waals surface area (Å²) in [5.41, 5.74) is -2.60. The van der Waals surface area contributed by atoms with Gasteiger partial charge in [0, 0.05) is 36.8 Å². The van der Waals surface area contributed by atoms with Gasteiger partial charge in [0.15, 0.2) is 5.69 Å². The van der Waals surface area contributed by atoms with Gasteiger partial charge >= 0.3 is 12.1 Å². The Bertz CT molecular complexity index is 1280. The molecule has 0 radical (unpaired) electrons. The van der Waals surface area contributed by atoms with Crippen molar-refractivity contribution >= 4 is 23.6 Å². The van der Waals surface area contributed by atoms with E-state index >= 15 is 0 Å². The van der Waals surface area contributed by atoms with Gasteiger partial charge in [-0.15, -0.1) is 0 Å². The number of alkyl halides is 3. The number of aromatic nitrogens is 2. The molecule has 1 saturated heterocycles. The quantitative estimate of drug-likeness (QED) is 0.579. The number of hydrogen-bond donors (Lipinski definition) is 2. The van der Waals surface area contributed by atoms with Gasteiger partial charge in [-0.2, -0.15) is 18.3 Å². The van der Waals surface area contributed by atoms with Gasteiger partial charge in [-0.25, -0.2) is 9.48 Å². The number of rotatable bonds is 6. The average Bonchev–Trinajstić information content (AvgIpc) is 3.64. The highest BCUT2D eigenvalue weighted by Crippen LogP contribution is 2.55. The van der Waals surface area contributed by atoms with Gasteiger partial charge in [0.25, 0.3) is 11.8 Å². The number of halogens is 3. The first-order chi connectivity index (χ1) is 18.0. The number of fused-ring (bicyclic) bond motifs is 1. The minimum Gasteiger partial charge on any atom is -0.476 e. The van der Waals surface area contributed by atoms with Gasteiger partial charge in [-0.3, -0.25) is 14.5 Å². The Morgan fingerprint density at radius 2 is 1.89 bits per heavy atom. The van der Waals surface area contributed by atoms with Gasteiger partial charge in [0.1, 0.15) is 11.4 Å². The number of carbonyl (C=O) groups excluding carboxylic acids is 2. The lowest BCUT2D eigenvalue weighted by Crippen LogP contribution is -2.64. The zero-order valence-corrected chi connectivity index (χ0v) is 21.0. The molecule has 0 bridgehead atoms. The van der Waals surface area contributed by atoms with E-state index < -0.39 is 41.0 Å². The van der Waals surface area contributed by atoms with Crippen LogP contribution in [0.1, 0.15) is 83.5 Å². The maximum atomic E-state index is 14.1. The Balaban J connectivity index is 1.62. The van der Waals surface area contributed by atoms with Crippen LogP contribution in [0.3, 0.4) is 0 Å². The van der Waals surface area contributed by atoms with Crippen LogP contribution in [0.5, 0.6) is 0 Å². The molecule has 9 nitrogen and oxygen atoms in total. The average molecular weight is 535 g/mol. The molecule has 2 aromatic rings. The van der Waals surface area contributed by atoms with Crippen molar-refractivity contribution in [1.29, 1.82) is 0 Å². The molecule has 0 unspecified atom stereocenters. The van der Waals surface area contributed by atoms with Gasteiger partial charge in [0.05, 0.1) is 11.6 Å². The van der Waals surface area contributed by atoms with E-state index in [0.717, 1.165) is 31.0 Å². The minimum atomic E-state index is -4.64. The maximum absolute atomic E-state index is 14.1. The number of carbonyl (C=O) groups is 3. The van der Waals surface area contributed by atoms with Crippen molar-refractivity contribution in [2.45, 2.75) is 63.2 Å². The summed E-state index contributed by atoms with van der Waals surface area (Å²) in [4.78, 5) is 41.3. The molecule has 5 rings (SSSR count).